The molecule has 2 amide bonds. The van der Waals surface area contributed by atoms with Gasteiger partial charge >= 0.3 is 12.0 Å². The minimum atomic E-state index is -1.10. The number of urea groups is 1. The molecule has 6 nitrogen and oxygen atoms in total. The zero-order valence-electron chi connectivity index (χ0n) is 7.81. The SMILES string of the molecule is NC(=O)NNC(C(=O)O)c1ccccc1. The van der Waals surface area contributed by atoms with Gasteiger partial charge in [-0.15, -0.1) is 0 Å². The number of amides is 2. The molecule has 1 atom stereocenters. The lowest BCUT2D eigenvalue weighted by atomic mass is 10.1. The summed E-state index contributed by atoms with van der Waals surface area (Å²) in [4.78, 5) is 21.3. The number of hydrogen-bond acceptors (Lipinski definition) is 3. The van der Waals surface area contributed by atoms with Gasteiger partial charge in [-0.25, -0.2) is 10.2 Å². The molecule has 5 N–H and O–H groups in total. The second-order valence-electron chi connectivity index (χ2n) is 2.82. The summed E-state index contributed by atoms with van der Waals surface area (Å²) in [5.74, 6) is -1.10. The Morgan fingerprint density at radius 1 is 1.27 bits per heavy atom. The quantitative estimate of drug-likeness (QED) is 0.523. The molecule has 1 unspecified atom stereocenters. The largest absolute Gasteiger partial charge is 0.480 e. The molecular formula is C9H11N3O3. The van der Waals surface area contributed by atoms with Gasteiger partial charge in [0.2, 0.25) is 0 Å². The summed E-state index contributed by atoms with van der Waals surface area (Å²) >= 11 is 0. The van der Waals surface area contributed by atoms with Crippen molar-refractivity contribution in [1.82, 2.24) is 10.9 Å². The van der Waals surface area contributed by atoms with Gasteiger partial charge in [0.05, 0.1) is 0 Å². The van der Waals surface area contributed by atoms with Crippen molar-refractivity contribution < 1.29 is 14.7 Å². The second-order valence-corrected chi connectivity index (χ2v) is 2.82. The van der Waals surface area contributed by atoms with Crippen molar-refractivity contribution in [3.8, 4) is 0 Å². The van der Waals surface area contributed by atoms with Crippen LogP contribution in [0.25, 0.3) is 0 Å². The molecule has 0 saturated heterocycles. The molecule has 0 fully saturated rings. The third-order valence-electron chi connectivity index (χ3n) is 1.72. The van der Waals surface area contributed by atoms with Crippen molar-refractivity contribution in [3.63, 3.8) is 0 Å². The molecule has 0 radical (unpaired) electrons. The van der Waals surface area contributed by atoms with Crippen molar-refractivity contribution in [2.75, 3.05) is 0 Å². The average molecular weight is 209 g/mol. The standard InChI is InChI=1S/C9H11N3O3/c10-9(15)12-11-7(8(13)14)6-4-2-1-3-5-6/h1-5,7,11H,(H,13,14)(H3,10,12,15). The second kappa shape index (κ2) is 4.97. The number of carbonyl (C=O) groups is 2. The summed E-state index contributed by atoms with van der Waals surface area (Å²) in [5, 5.41) is 8.88. The topological polar surface area (TPSA) is 104 Å². The fourth-order valence-corrected chi connectivity index (χ4v) is 1.08. The van der Waals surface area contributed by atoms with Crippen molar-refractivity contribution in [3.05, 3.63) is 35.9 Å². The van der Waals surface area contributed by atoms with E-state index in [-0.39, 0.29) is 0 Å². The molecule has 6 heteroatoms. The monoisotopic (exact) mass is 209 g/mol. The molecule has 0 heterocycles. The minimum absolute atomic E-state index is 0.527. The number of carbonyl (C=O) groups excluding carboxylic acids is 1. The van der Waals surface area contributed by atoms with E-state index in [1.54, 1.807) is 30.3 Å². The summed E-state index contributed by atoms with van der Waals surface area (Å²) < 4.78 is 0. The first-order chi connectivity index (χ1) is 7.11. The summed E-state index contributed by atoms with van der Waals surface area (Å²) in [6.07, 6.45) is 0. The molecule has 1 aromatic rings. The Hall–Kier alpha value is -2.08. The summed E-state index contributed by atoms with van der Waals surface area (Å²) in [5.41, 5.74) is 9.68. The number of hydrazine groups is 1. The number of aliphatic carboxylic acids is 1. The van der Waals surface area contributed by atoms with E-state index in [0.29, 0.717) is 5.56 Å². The van der Waals surface area contributed by atoms with Crippen molar-refractivity contribution in [2.24, 2.45) is 5.73 Å². The van der Waals surface area contributed by atoms with Crippen LogP contribution in [0.5, 0.6) is 0 Å². The first kappa shape index (κ1) is 11.0. The van der Waals surface area contributed by atoms with E-state index in [0.717, 1.165) is 0 Å². The van der Waals surface area contributed by atoms with Crippen molar-refractivity contribution in [2.45, 2.75) is 6.04 Å². The number of rotatable bonds is 4. The highest BCUT2D eigenvalue weighted by Crippen LogP contribution is 2.11. The summed E-state index contributed by atoms with van der Waals surface area (Å²) in [6, 6.07) is 6.59. The molecule has 15 heavy (non-hydrogen) atoms. The van der Waals surface area contributed by atoms with Crippen LogP contribution in [0.1, 0.15) is 11.6 Å². The summed E-state index contributed by atoms with van der Waals surface area (Å²) in [6.45, 7) is 0. The lowest BCUT2D eigenvalue weighted by molar-refractivity contribution is -0.139. The number of primary amides is 1. The third-order valence-corrected chi connectivity index (χ3v) is 1.72. The van der Waals surface area contributed by atoms with Gasteiger partial charge in [0.15, 0.2) is 0 Å². The van der Waals surface area contributed by atoms with Crippen molar-refractivity contribution in [1.29, 1.82) is 0 Å². The third kappa shape index (κ3) is 3.28. The van der Waals surface area contributed by atoms with Gasteiger partial charge in [0, 0.05) is 0 Å². The van der Waals surface area contributed by atoms with E-state index < -0.39 is 18.0 Å². The number of hydrogen-bond donors (Lipinski definition) is 4. The number of nitrogens with one attached hydrogen (secondary N) is 2. The number of carboxylic acid groups (broad SMARTS) is 1. The zero-order chi connectivity index (χ0) is 11.3. The fraction of sp³-hybridized carbons (Fsp3) is 0.111. The maximum Gasteiger partial charge on any atom is 0.327 e. The van der Waals surface area contributed by atoms with Gasteiger partial charge in [-0.2, -0.15) is 0 Å². The van der Waals surface area contributed by atoms with Gasteiger partial charge in [-0.1, -0.05) is 30.3 Å². The van der Waals surface area contributed by atoms with Crippen LogP contribution < -0.4 is 16.6 Å². The van der Waals surface area contributed by atoms with Gasteiger partial charge in [-0.05, 0) is 5.56 Å². The van der Waals surface area contributed by atoms with E-state index in [2.05, 4.69) is 5.43 Å². The average Bonchev–Trinajstić information content (AvgIpc) is 2.18. The van der Waals surface area contributed by atoms with Gasteiger partial charge in [-0.3, -0.25) is 10.2 Å². The first-order valence-electron chi connectivity index (χ1n) is 4.20. The van der Waals surface area contributed by atoms with Crippen LogP contribution in [0.15, 0.2) is 30.3 Å². The number of nitrogens with two attached hydrogens (primary N) is 1. The maximum atomic E-state index is 10.9. The number of carboxylic acids is 1. The summed E-state index contributed by atoms with van der Waals surface area (Å²) in [7, 11) is 0. The highest BCUT2D eigenvalue weighted by atomic mass is 16.4. The number of benzene rings is 1. The van der Waals surface area contributed by atoms with Crippen LogP contribution in [0.2, 0.25) is 0 Å². The predicted molar refractivity (Wildman–Crippen MR) is 52.7 cm³/mol. The van der Waals surface area contributed by atoms with Crippen molar-refractivity contribution >= 4 is 12.0 Å². The predicted octanol–water partition coefficient (Wildman–Crippen LogP) is -0.0148. The van der Waals surface area contributed by atoms with Gasteiger partial charge < -0.3 is 10.8 Å². The van der Waals surface area contributed by atoms with E-state index in [1.165, 1.54) is 0 Å². The van der Waals surface area contributed by atoms with Crippen LogP contribution in [0.3, 0.4) is 0 Å². The van der Waals surface area contributed by atoms with Gasteiger partial charge in [0.25, 0.3) is 0 Å². The molecule has 1 aromatic carbocycles. The normalized spacial score (nSPS) is 11.7. The van der Waals surface area contributed by atoms with Gasteiger partial charge in [0.1, 0.15) is 6.04 Å². The Morgan fingerprint density at radius 3 is 2.33 bits per heavy atom. The van der Waals surface area contributed by atoms with Crippen LogP contribution in [-0.2, 0) is 4.79 Å². The molecule has 1 rings (SSSR count). The fourth-order valence-electron chi connectivity index (χ4n) is 1.08. The molecule has 80 valence electrons. The minimum Gasteiger partial charge on any atom is -0.480 e. The highest BCUT2D eigenvalue weighted by Gasteiger charge is 2.18. The molecule has 0 bridgehead atoms. The Kier molecular flexibility index (Phi) is 3.64. The molecule has 0 saturated carbocycles. The molecule has 0 spiro atoms. The van der Waals surface area contributed by atoms with Crippen LogP contribution in [0, 0.1) is 0 Å². The Bertz CT molecular complexity index is 353. The van der Waals surface area contributed by atoms with Crippen LogP contribution in [0.4, 0.5) is 4.79 Å². The molecular weight excluding hydrogens is 198 g/mol. The van der Waals surface area contributed by atoms with E-state index in [9.17, 15) is 9.59 Å². The van der Waals surface area contributed by atoms with E-state index in [4.69, 9.17) is 10.8 Å². The highest BCUT2D eigenvalue weighted by molar-refractivity contribution is 5.77. The van der Waals surface area contributed by atoms with Crippen LogP contribution in [-0.4, -0.2) is 17.1 Å². The first-order valence-corrected chi connectivity index (χ1v) is 4.20. The van der Waals surface area contributed by atoms with E-state index in [1.807, 2.05) is 5.43 Å². The smallest absolute Gasteiger partial charge is 0.327 e. The zero-order valence-corrected chi connectivity index (χ0v) is 7.81. The maximum absolute atomic E-state index is 10.9. The van der Waals surface area contributed by atoms with Crippen LogP contribution >= 0.6 is 0 Å². The molecule has 0 aliphatic rings. The molecule has 0 aromatic heterocycles. The molecule has 0 aliphatic carbocycles. The molecule has 0 aliphatic heterocycles. The lowest BCUT2D eigenvalue weighted by Crippen LogP contribution is -2.45. The lowest BCUT2D eigenvalue weighted by Gasteiger charge is -2.14. The van der Waals surface area contributed by atoms with E-state index >= 15 is 0 Å². The Balaban J connectivity index is 2.75. The Labute approximate surface area is 86.1 Å². The Morgan fingerprint density at radius 2 is 1.87 bits per heavy atom.